The Morgan fingerprint density at radius 2 is 1.84 bits per heavy atom. The van der Waals surface area contributed by atoms with Gasteiger partial charge in [0.25, 0.3) is 0 Å². The van der Waals surface area contributed by atoms with Gasteiger partial charge in [-0.1, -0.05) is 6.07 Å². The van der Waals surface area contributed by atoms with E-state index in [0.717, 1.165) is 10.6 Å². The summed E-state index contributed by atoms with van der Waals surface area (Å²) in [5, 5.41) is 2.65. The summed E-state index contributed by atoms with van der Waals surface area (Å²) in [6.45, 7) is 4.16. The summed E-state index contributed by atoms with van der Waals surface area (Å²) in [7, 11) is -3.81. The van der Waals surface area contributed by atoms with Gasteiger partial charge in [0, 0.05) is 11.8 Å². The van der Waals surface area contributed by atoms with Crippen LogP contribution in [-0.4, -0.2) is 52.4 Å². The number of hydrogen-bond donors (Lipinski definition) is 1. The molecule has 0 spiro atoms. The number of hydrogen-bond acceptors (Lipinski definition) is 7. The molecule has 1 aliphatic heterocycles. The van der Waals surface area contributed by atoms with Crippen molar-refractivity contribution in [2.75, 3.05) is 35.7 Å². The van der Waals surface area contributed by atoms with E-state index in [9.17, 15) is 18.0 Å². The Kier molecular flexibility index (Phi) is 6.69. The van der Waals surface area contributed by atoms with Gasteiger partial charge in [0.1, 0.15) is 19.3 Å². The van der Waals surface area contributed by atoms with Crippen LogP contribution in [0.15, 0.2) is 42.5 Å². The first-order valence-corrected chi connectivity index (χ1v) is 11.5. The van der Waals surface area contributed by atoms with Gasteiger partial charge in [-0.05, 0) is 44.2 Å². The van der Waals surface area contributed by atoms with Crippen molar-refractivity contribution in [3.05, 3.63) is 48.0 Å². The van der Waals surface area contributed by atoms with Gasteiger partial charge in [-0.3, -0.25) is 9.10 Å². The SMILES string of the molecule is CCOC(=O)c1cccc(NC(=O)[C@@H](C)N(c2ccc3c(c2)OCCO3)S(C)(=O)=O)c1. The summed E-state index contributed by atoms with van der Waals surface area (Å²) < 4.78 is 42.0. The number of carbonyl (C=O) groups excluding carboxylic acids is 2. The third-order valence-electron chi connectivity index (χ3n) is 4.51. The minimum Gasteiger partial charge on any atom is -0.486 e. The smallest absolute Gasteiger partial charge is 0.338 e. The molecule has 9 nitrogen and oxygen atoms in total. The van der Waals surface area contributed by atoms with Crippen LogP contribution in [0.25, 0.3) is 0 Å². The van der Waals surface area contributed by atoms with E-state index >= 15 is 0 Å². The first-order chi connectivity index (χ1) is 14.7. The molecule has 0 aliphatic carbocycles. The maximum atomic E-state index is 12.9. The standard InChI is InChI=1S/C21H24N2O7S/c1-4-28-21(25)15-6-5-7-16(12-15)22-20(24)14(2)23(31(3,26)27)17-8-9-18-19(13-17)30-11-10-29-18/h5-9,12-14H,4,10-11H2,1-3H3,(H,22,24)/t14-/m1/s1. The van der Waals surface area contributed by atoms with Crippen LogP contribution in [0.5, 0.6) is 11.5 Å². The number of carbonyl (C=O) groups is 2. The van der Waals surface area contributed by atoms with Crippen molar-refractivity contribution >= 4 is 33.3 Å². The summed E-state index contributed by atoms with van der Waals surface area (Å²) >= 11 is 0. The van der Waals surface area contributed by atoms with Gasteiger partial charge in [0.05, 0.1) is 24.1 Å². The van der Waals surface area contributed by atoms with Crippen molar-refractivity contribution in [3.8, 4) is 11.5 Å². The third kappa shape index (κ3) is 5.26. The number of sulfonamides is 1. The third-order valence-corrected chi connectivity index (χ3v) is 5.75. The number of amides is 1. The van der Waals surface area contributed by atoms with Crippen LogP contribution in [-0.2, 0) is 19.6 Å². The van der Waals surface area contributed by atoms with Crippen LogP contribution < -0.4 is 19.1 Å². The molecule has 0 bridgehead atoms. The Balaban J connectivity index is 1.84. The number of esters is 1. The second-order valence-electron chi connectivity index (χ2n) is 6.85. The summed E-state index contributed by atoms with van der Waals surface area (Å²) in [5.41, 5.74) is 0.895. The molecule has 1 aliphatic rings. The topological polar surface area (TPSA) is 111 Å². The van der Waals surface area contributed by atoms with Gasteiger partial charge in [0.15, 0.2) is 11.5 Å². The number of anilines is 2. The van der Waals surface area contributed by atoms with Crippen LogP contribution in [0, 0.1) is 0 Å². The first-order valence-electron chi connectivity index (χ1n) is 9.68. The van der Waals surface area contributed by atoms with Gasteiger partial charge in [-0.2, -0.15) is 0 Å². The van der Waals surface area contributed by atoms with Crippen LogP contribution in [0.2, 0.25) is 0 Å². The Bertz CT molecular complexity index is 1080. The van der Waals surface area contributed by atoms with Crippen molar-refractivity contribution in [1.82, 2.24) is 0 Å². The second kappa shape index (κ2) is 9.25. The minimum atomic E-state index is -3.81. The summed E-state index contributed by atoms with van der Waals surface area (Å²) in [6.07, 6.45) is 1.02. The Hall–Kier alpha value is -3.27. The lowest BCUT2D eigenvalue weighted by atomic mass is 10.2. The molecule has 3 rings (SSSR count). The highest BCUT2D eigenvalue weighted by molar-refractivity contribution is 7.92. The molecule has 1 atom stereocenters. The molecule has 2 aromatic carbocycles. The van der Waals surface area contributed by atoms with E-state index in [4.69, 9.17) is 14.2 Å². The molecular formula is C21H24N2O7S. The molecule has 0 saturated heterocycles. The highest BCUT2D eigenvalue weighted by Gasteiger charge is 2.30. The molecule has 166 valence electrons. The van der Waals surface area contributed by atoms with Crippen LogP contribution in [0.4, 0.5) is 11.4 Å². The van der Waals surface area contributed by atoms with Gasteiger partial charge < -0.3 is 19.5 Å². The van der Waals surface area contributed by atoms with Crippen molar-refractivity contribution in [1.29, 1.82) is 0 Å². The Morgan fingerprint density at radius 3 is 2.52 bits per heavy atom. The van der Waals surface area contributed by atoms with Crippen molar-refractivity contribution in [3.63, 3.8) is 0 Å². The predicted octanol–water partition coefficient (Wildman–Crippen LogP) is 2.43. The van der Waals surface area contributed by atoms with E-state index < -0.39 is 27.9 Å². The summed E-state index contributed by atoms with van der Waals surface area (Å²) in [5.74, 6) is -0.162. The monoisotopic (exact) mass is 448 g/mol. The minimum absolute atomic E-state index is 0.227. The quantitative estimate of drug-likeness (QED) is 0.648. The lowest BCUT2D eigenvalue weighted by Crippen LogP contribution is -2.45. The van der Waals surface area contributed by atoms with Crippen LogP contribution >= 0.6 is 0 Å². The maximum absolute atomic E-state index is 12.9. The highest BCUT2D eigenvalue weighted by Crippen LogP contribution is 2.35. The molecule has 1 N–H and O–H groups in total. The van der Waals surface area contributed by atoms with E-state index in [0.29, 0.717) is 30.4 Å². The predicted molar refractivity (Wildman–Crippen MR) is 115 cm³/mol. The van der Waals surface area contributed by atoms with Gasteiger partial charge >= 0.3 is 5.97 Å². The molecule has 0 aromatic heterocycles. The van der Waals surface area contributed by atoms with Gasteiger partial charge in [-0.25, -0.2) is 13.2 Å². The molecule has 2 aromatic rings. The number of nitrogens with one attached hydrogen (secondary N) is 1. The molecule has 0 fully saturated rings. The van der Waals surface area contributed by atoms with E-state index in [-0.39, 0.29) is 17.9 Å². The number of benzene rings is 2. The zero-order valence-electron chi connectivity index (χ0n) is 17.5. The van der Waals surface area contributed by atoms with E-state index in [1.54, 1.807) is 37.3 Å². The zero-order valence-corrected chi connectivity index (χ0v) is 18.3. The summed E-state index contributed by atoms with van der Waals surface area (Å²) in [6, 6.07) is 9.84. The van der Waals surface area contributed by atoms with E-state index in [2.05, 4.69) is 5.32 Å². The van der Waals surface area contributed by atoms with E-state index in [1.165, 1.54) is 19.1 Å². The molecule has 1 heterocycles. The van der Waals surface area contributed by atoms with Crippen molar-refractivity contribution < 1.29 is 32.2 Å². The Morgan fingerprint density at radius 1 is 1.13 bits per heavy atom. The maximum Gasteiger partial charge on any atom is 0.338 e. The fraction of sp³-hybridized carbons (Fsp3) is 0.333. The van der Waals surface area contributed by atoms with Crippen LogP contribution in [0.1, 0.15) is 24.2 Å². The first kappa shape index (κ1) is 22.4. The molecule has 31 heavy (non-hydrogen) atoms. The van der Waals surface area contributed by atoms with Crippen LogP contribution in [0.3, 0.4) is 0 Å². The summed E-state index contributed by atoms with van der Waals surface area (Å²) in [4.78, 5) is 24.8. The molecule has 0 unspecified atom stereocenters. The van der Waals surface area contributed by atoms with Crippen molar-refractivity contribution in [2.45, 2.75) is 19.9 Å². The molecule has 0 saturated carbocycles. The number of ether oxygens (including phenoxy) is 3. The lowest BCUT2D eigenvalue weighted by molar-refractivity contribution is -0.116. The van der Waals surface area contributed by atoms with Gasteiger partial charge in [0.2, 0.25) is 15.9 Å². The van der Waals surface area contributed by atoms with Crippen molar-refractivity contribution in [2.24, 2.45) is 0 Å². The molecule has 0 radical (unpaired) electrons. The molecule has 1 amide bonds. The fourth-order valence-corrected chi connectivity index (χ4v) is 4.33. The number of rotatable bonds is 7. The average molecular weight is 448 g/mol. The molecule has 10 heteroatoms. The van der Waals surface area contributed by atoms with Gasteiger partial charge in [-0.15, -0.1) is 0 Å². The van der Waals surface area contributed by atoms with E-state index in [1.807, 2.05) is 0 Å². The highest BCUT2D eigenvalue weighted by atomic mass is 32.2. The Labute approximate surface area is 181 Å². The lowest BCUT2D eigenvalue weighted by Gasteiger charge is -2.29. The molecular weight excluding hydrogens is 424 g/mol. The second-order valence-corrected chi connectivity index (χ2v) is 8.71. The fourth-order valence-electron chi connectivity index (χ4n) is 3.16. The largest absolute Gasteiger partial charge is 0.486 e. The zero-order chi connectivity index (χ0) is 22.6. The normalized spacial score (nSPS) is 13.8. The number of nitrogens with zero attached hydrogens (tertiary/aromatic N) is 1. The average Bonchev–Trinajstić information content (AvgIpc) is 2.73. The number of fused-ring (bicyclic) bond motifs is 1.